The molecule has 42 heavy (non-hydrogen) atoms. The minimum atomic E-state index is -2.69. The quantitative estimate of drug-likeness (QED) is 0.228. The zero-order valence-corrected chi connectivity index (χ0v) is 24.3. The highest BCUT2D eigenvalue weighted by Gasteiger charge is 2.38. The van der Waals surface area contributed by atoms with Crippen LogP contribution in [0.1, 0.15) is 30.0 Å². The molecule has 3 aromatic rings. The average Bonchev–Trinajstić information content (AvgIpc) is 3.33. The third-order valence-electron chi connectivity index (χ3n) is 7.42. The molecule has 4 rings (SSSR count). The third kappa shape index (κ3) is 6.71. The summed E-state index contributed by atoms with van der Waals surface area (Å²) in [5.41, 5.74) is 6.11. The Labute approximate surface area is 245 Å². The number of allylic oxidation sites excluding steroid dienone is 4. The van der Waals surface area contributed by atoms with Crippen LogP contribution < -0.4 is 10.6 Å². The molecular weight excluding hydrogens is 535 g/mol. The molecule has 218 valence electrons. The number of aromatic nitrogens is 2. The molecule has 1 aromatic carbocycles. The van der Waals surface area contributed by atoms with Crippen molar-refractivity contribution in [1.29, 1.82) is 0 Å². The van der Waals surface area contributed by atoms with E-state index in [0.29, 0.717) is 47.0 Å². The van der Waals surface area contributed by atoms with Crippen LogP contribution in [0.2, 0.25) is 0 Å². The molecule has 0 spiro atoms. The first-order valence-electron chi connectivity index (χ1n) is 13.7. The van der Waals surface area contributed by atoms with Crippen molar-refractivity contribution >= 4 is 22.7 Å². The second-order valence-corrected chi connectivity index (χ2v) is 10.2. The fraction of sp³-hybridized carbons (Fsp3) is 0.235. The number of anilines is 2. The maximum Gasteiger partial charge on any atom is 0.261 e. The molecule has 0 amide bonds. The lowest BCUT2D eigenvalue weighted by Crippen LogP contribution is -2.26. The second-order valence-electron chi connectivity index (χ2n) is 10.2. The molecule has 5 nitrogen and oxygen atoms in total. The van der Waals surface area contributed by atoms with Gasteiger partial charge in [-0.15, -0.1) is 0 Å². The third-order valence-corrected chi connectivity index (χ3v) is 7.42. The number of nitrogens with one attached hydrogen (secondary N) is 2. The van der Waals surface area contributed by atoms with Gasteiger partial charge in [0.1, 0.15) is 11.6 Å². The van der Waals surface area contributed by atoms with Gasteiger partial charge in [0.15, 0.2) is 0 Å². The Balaban J connectivity index is 1.62. The van der Waals surface area contributed by atoms with Crippen molar-refractivity contribution in [3.63, 3.8) is 0 Å². The number of hydrogen-bond donors (Lipinski definition) is 2. The monoisotopic (exact) mass is 571 g/mol. The van der Waals surface area contributed by atoms with Crippen LogP contribution in [0.25, 0.3) is 22.3 Å². The summed E-state index contributed by atoms with van der Waals surface area (Å²) in [7, 11) is 1.71. The zero-order valence-electron chi connectivity index (χ0n) is 24.3. The standard InChI is InChI=1S/C34H36F3N5/c1-7-25(20-42-18-14-34(36,37)21-42)19-26(8-2)29-9-10-30(38-6)31(32(29)35)22(3)24(5)41-33-23(4)28(13-17-40-33)27-11-15-39-16-12-27/h7-13,15-17,19,38H,1,3,5,14,18,20-21H2,2,4,6H3,(H,40,41)/b25-19+,26-8+. The van der Waals surface area contributed by atoms with E-state index in [4.69, 9.17) is 0 Å². The summed E-state index contributed by atoms with van der Waals surface area (Å²) >= 11 is 0. The Kier molecular flexibility index (Phi) is 9.48. The molecule has 0 saturated carbocycles. The molecule has 1 aliphatic heterocycles. The van der Waals surface area contributed by atoms with E-state index in [1.54, 1.807) is 67.8 Å². The van der Waals surface area contributed by atoms with Gasteiger partial charge in [0.2, 0.25) is 0 Å². The van der Waals surface area contributed by atoms with E-state index in [-0.39, 0.29) is 18.5 Å². The van der Waals surface area contributed by atoms with Gasteiger partial charge in [0, 0.05) is 73.2 Å². The van der Waals surface area contributed by atoms with Crippen molar-refractivity contribution in [2.45, 2.75) is 26.2 Å². The normalized spacial score (nSPS) is 15.4. The number of pyridine rings is 2. The van der Waals surface area contributed by atoms with E-state index in [1.807, 2.05) is 25.1 Å². The van der Waals surface area contributed by atoms with Gasteiger partial charge in [-0.1, -0.05) is 38.0 Å². The Morgan fingerprint density at radius 3 is 2.48 bits per heavy atom. The fourth-order valence-electron chi connectivity index (χ4n) is 5.06. The lowest BCUT2D eigenvalue weighted by molar-refractivity contribution is 0.0131. The highest BCUT2D eigenvalue weighted by Crippen LogP contribution is 2.36. The first kappa shape index (κ1) is 30.5. The number of halogens is 3. The van der Waals surface area contributed by atoms with Crippen LogP contribution in [0.5, 0.6) is 0 Å². The molecule has 0 unspecified atom stereocenters. The first-order chi connectivity index (χ1) is 20.1. The maximum absolute atomic E-state index is 16.3. The van der Waals surface area contributed by atoms with Crippen LogP contribution in [0.3, 0.4) is 0 Å². The lowest BCUT2D eigenvalue weighted by Gasteiger charge is -2.20. The predicted molar refractivity (Wildman–Crippen MR) is 168 cm³/mol. The summed E-state index contributed by atoms with van der Waals surface area (Å²) in [4.78, 5) is 10.3. The fourth-order valence-corrected chi connectivity index (χ4v) is 5.06. The summed E-state index contributed by atoms with van der Waals surface area (Å²) in [6.45, 7) is 16.2. The number of benzene rings is 1. The van der Waals surface area contributed by atoms with Crippen molar-refractivity contribution in [3.8, 4) is 11.1 Å². The molecule has 1 saturated heterocycles. The zero-order chi connectivity index (χ0) is 30.4. The van der Waals surface area contributed by atoms with Crippen molar-refractivity contribution in [1.82, 2.24) is 14.9 Å². The molecule has 0 atom stereocenters. The van der Waals surface area contributed by atoms with E-state index < -0.39 is 11.7 Å². The number of hydrogen-bond acceptors (Lipinski definition) is 5. The Morgan fingerprint density at radius 2 is 1.86 bits per heavy atom. The largest absolute Gasteiger partial charge is 0.388 e. The molecule has 1 aliphatic rings. The maximum atomic E-state index is 16.3. The van der Waals surface area contributed by atoms with Gasteiger partial charge < -0.3 is 10.6 Å². The second kappa shape index (κ2) is 13.0. The molecule has 0 aliphatic carbocycles. The molecular formula is C34H36F3N5. The Hall–Kier alpha value is -4.43. The number of alkyl halides is 2. The molecule has 2 aromatic heterocycles. The summed E-state index contributed by atoms with van der Waals surface area (Å²) in [6.07, 6.45) is 10.2. The van der Waals surface area contributed by atoms with E-state index in [1.165, 1.54) is 0 Å². The highest BCUT2D eigenvalue weighted by molar-refractivity contribution is 5.90. The number of nitrogens with zero attached hydrogens (tertiary/aromatic N) is 3. The summed E-state index contributed by atoms with van der Waals surface area (Å²) in [6, 6.07) is 9.24. The lowest BCUT2D eigenvalue weighted by atomic mass is 9.94. The highest BCUT2D eigenvalue weighted by atomic mass is 19.3. The van der Waals surface area contributed by atoms with Crippen LogP contribution in [-0.4, -0.2) is 47.5 Å². The van der Waals surface area contributed by atoms with E-state index in [0.717, 1.165) is 22.3 Å². The topological polar surface area (TPSA) is 53.1 Å². The Morgan fingerprint density at radius 1 is 1.12 bits per heavy atom. The summed E-state index contributed by atoms with van der Waals surface area (Å²) in [5, 5.41) is 6.28. The van der Waals surface area contributed by atoms with Gasteiger partial charge in [0.25, 0.3) is 5.92 Å². The number of likely N-dealkylation sites (tertiary alicyclic amines) is 1. The van der Waals surface area contributed by atoms with Gasteiger partial charge >= 0.3 is 0 Å². The van der Waals surface area contributed by atoms with Crippen molar-refractivity contribution in [2.75, 3.05) is 37.3 Å². The Bertz CT molecular complexity index is 1560. The average molecular weight is 572 g/mol. The first-order valence-corrected chi connectivity index (χ1v) is 13.7. The van der Waals surface area contributed by atoms with Crippen molar-refractivity contribution < 1.29 is 13.2 Å². The van der Waals surface area contributed by atoms with Crippen LogP contribution >= 0.6 is 0 Å². The van der Waals surface area contributed by atoms with E-state index >= 15 is 4.39 Å². The van der Waals surface area contributed by atoms with Crippen LogP contribution in [0.4, 0.5) is 24.7 Å². The predicted octanol–water partition coefficient (Wildman–Crippen LogP) is 8.13. The molecule has 0 radical (unpaired) electrons. The SMILES string of the molecule is C=C/C(=C\C(=C/C)c1ccc(NC)c(C(=C)C(=C)Nc2nccc(-c3ccncc3)c2C)c1F)CN1CCC(F)(F)C1. The minimum Gasteiger partial charge on any atom is -0.388 e. The van der Waals surface area contributed by atoms with Crippen LogP contribution in [0.15, 0.2) is 98.2 Å². The van der Waals surface area contributed by atoms with Crippen LogP contribution in [-0.2, 0) is 0 Å². The van der Waals surface area contributed by atoms with Gasteiger partial charge in [-0.25, -0.2) is 18.2 Å². The van der Waals surface area contributed by atoms with Crippen molar-refractivity contribution in [3.05, 3.63) is 121 Å². The minimum absolute atomic E-state index is 0.166. The van der Waals surface area contributed by atoms with E-state index in [2.05, 4.69) is 40.3 Å². The van der Waals surface area contributed by atoms with Gasteiger partial charge in [0.05, 0.1) is 6.54 Å². The smallest absolute Gasteiger partial charge is 0.261 e. The van der Waals surface area contributed by atoms with Gasteiger partial charge in [-0.2, -0.15) is 0 Å². The van der Waals surface area contributed by atoms with Gasteiger partial charge in [-0.3, -0.25) is 9.88 Å². The number of rotatable bonds is 11. The summed E-state index contributed by atoms with van der Waals surface area (Å²) < 4.78 is 43.8. The van der Waals surface area contributed by atoms with E-state index in [9.17, 15) is 8.78 Å². The van der Waals surface area contributed by atoms with Crippen LogP contribution in [0, 0.1) is 12.7 Å². The van der Waals surface area contributed by atoms with Gasteiger partial charge in [-0.05, 0) is 72.0 Å². The summed E-state index contributed by atoms with van der Waals surface area (Å²) in [5.74, 6) is -2.59. The van der Waals surface area contributed by atoms with Crippen molar-refractivity contribution in [2.24, 2.45) is 0 Å². The molecule has 0 bridgehead atoms. The molecule has 2 N–H and O–H groups in total. The molecule has 8 heteroatoms. The molecule has 3 heterocycles. The molecule has 1 fully saturated rings.